The van der Waals surface area contributed by atoms with E-state index in [4.69, 9.17) is 32.5 Å². The van der Waals surface area contributed by atoms with Gasteiger partial charge in [0, 0.05) is 18.0 Å². The summed E-state index contributed by atoms with van der Waals surface area (Å²) in [4.78, 5) is 28.1. The minimum atomic E-state index is -4.34. The number of benzene rings is 2. The van der Waals surface area contributed by atoms with Gasteiger partial charge in [0.15, 0.2) is 12.1 Å². The van der Waals surface area contributed by atoms with Crippen LogP contribution in [0.4, 0.5) is 5.69 Å². The van der Waals surface area contributed by atoms with E-state index in [0.29, 0.717) is 30.7 Å². The van der Waals surface area contributed by atoms with Crippen molar-refractivity contribution in [3.8, 4) is 11.5 Å². The van der Waals surface area contributed by atoms with Gasteiger partial charge in [-0.3, -0.25) is 14.6 Å². The first-order valence-electron chi connectivity index (χ1n) is 10.7. The number of aliphatic carboxylic acids is 1. The summed E-state index contributed by atoms with van der Waals surface area (Å²) in [6, 6.07) is 7.22. The third-order valence-corrected chi connectivity index (χ3v) is 7.00. The van der Waals surface area contributed by atoms with Crippen LogP contribution in [0.15, 0.2) is 46.3 Å². The van der Waals surface area contributed by atoms with Crippen LogP contribution in [0.5, 0.6) is 11.5 Å². The fraction of sp³-hybridized carbons (Fsp3) is 0.318. The molecule has 7 N–H and O–H groups in total. The molecule has 0 bridgehead atoms. The van der Waals surface area contributed by atoms with Crippen LogP contribution in [0.25, 0.3) is 0 Å². The van der Waals surface area contributed by atoms with Gasteiger partial charge >= 0.3 is 5.97 Å². The Labute approximate surface area is 212 Å². The Morgan fingerprint density at radius 1 is 1.33 bits per heavy atom. The number of hydrogen-bond donors (Lipinski definition) is 5. The molecular formula is C22H26ClN5O7S. The van der Waals surface area contributed by atoms with Gasteiger partial charge < -0.3 is 31.4 Å². The maximum absolute atomic E-state index is 13.0. The number of halogens is 1. The molecule has 3 rings (SSSR count). The number of para-hydroxylation sites is 1. The van der Waals surface area contributed by atoms with Crippen LogP contribution in [0.1, 0.15) is 18.4 Å². The summed E-state index contributed by atoms with van der Waals surface area (Å²) in [6.45, 7) is 0.334. The maximum atomic E-state index is 13.0. The van der Waals surface area contributed by atoms with Crippen molar-refractivity contribution in [3.63, 3.8) is 0 Å². The number of guanidine groups is 1. The summed E-state index contributed by atoms with van der Waals surface area (Å²) >= 11 is 5.93. The van der Waals surface area contributed by atoms with Gasteiger partial charge in [-0.1, -0.05) is 23.7 Å². The minimum Gasteiger partial charge on any atom is -0.495 e. The molecule has 0 aromatic heterocycles. The second-order valence-corrected chi connectivity index (χ2v) is 9.97. The van der Waals surface area contributed by atoms with E-state index in [2.05, 4.69) is 15.0 Å². The number of rotatable bonds is 11. The van der Waals surface area contributed by atoms with E-state index in [9.17, 15) is 23.1 Å². The predicted octanol–water partition coefficient (Wildman–Crippen LogP) is 1.08. The van der Waals surface area contributed by atoms with E-state index in [1.54, 1.807) is 18.2 Å². The number of hydrogen-bond acceptors (Lipinski definition) is 7. The van der Waals surface area contributed by atoms with Crippen molar-refractivity contribution in [2.75, 3.05) is 19.0 Å². The molecule has 2 aromatic rings. The van der Waals surface area contributed by atoms with Crippen molar-refractivity contribution in [3.05, 3.63) is 47.0 Å². The number of fused-ring (bicyclic) bond motifs is 1. The lowest BCUT2D eigenvalue weighted by Gasteiger charge is -2.28. The van der Waals surface area contributed by atoms with Gasteiger partial charge in [-0.15, -0.1) is 0 Å². The topological polar surface area (TPSA) is 195 Å². The molecule has 0 spiro atoms. The number of carboxylic acids is 1. The summed E-state index contributed by atoms with van der Waals surface area (Å²) in [6.07, 6.45) is -0.211. The van der Waals surface area contributed by atoms with Crippen LogP contribution in [0.3, 0.4) is 0 Å². The van der Waals surface area contributed by atoms with Gasteiger partial charge in [-0.25, -0.2) is 8.42 Å². The Bertz CT molecular complexity index is 1280. The van der Waals surface area contributed by atoms with Crippen LogP contribution >= 0.6 is 11.6 Å². The first-order valence-corrected chi connectivity index (χ1v) is 12.6. The van der Waals surface area contributed by atoms with Crippen LogP contribution in [-0.4, -0.2) is 57.2 Å². The highest BCUT2D eigenvalue weighted by Crippen LogP contribution is 2.35. The summed E-state index contributed by atoms with van der Waals surface area (Å²) in [5.41, 5.74) is 11.2. The van der Waals surface area contributed by atoms with E-state index in [-0.39, 0.29) is 33.7 Å². The summed E-state index contributed by atoms with van der Waals surface area (Å²) < 4.78 is 39.0. The molecule has 0 unspecified atom stereocenters. The zero-order valence-corrected chi connectivity index (χ0v) is 20.8. The highest BCUT2D eigenvalue weighted by atomic mass is 35.5. The highest BCUT2D eigenvalue weighted by Gasteiger charge is 2.32. The van der Waals surface area contributed by atoms with E-state index >= 15 is 0 Å². The smallest absolute Gasteiger partial charge is 0.322 e. The maximum Gasteiger partial charge on any atom is 0.322 e. The van der Waals surface area contributed by atoms with Crippen LogP contribution in [-0.2, 0) is 26.0 Å². The van der Waals surface area contributed by atoms with Crippen molar-refractivity contribution in [2.24, 2.45) is 16.5 Å². The largest absolute Gasteiger partial charge is 0.495 e. The number of carbonyl (C=O) groups is 2. The molecule has 0 saturated heterocycles. The number of sulfonamides is 1. The number of ether oxygens (including phenoxy) is 2. The Balaban J connectivity index is 1.80. The van der Waals surface area contributed by atoms with E-state index in [1.165, 1.54) is 19.2 Å². The highest BCUT2D eigenvalue weighted by molar-refractivity contribution is 7.89. The van der Waals surface area contributed by atoms with Gasteiger partial charge in [0.05, 0.1) is 12.8 Å². The summed E-state index contributed by atoms with van der Waals surface area (Å²) in [5, 5.41) is 12.6. The first kappa shape index (κ1) is 27.0. The quantitative estimate of drug-likeness (QED) is 0.157. The molecule has 0 aliphatic carbocycles. The van der Waals surface area contributed by atoms with Crippen LogP contribution < -0.4 is 31.0 Å². The number of carboxylic acid groups (broad SMARTS) is 1. The monoisotopic (exact) mass is 539 g/mol. The average Bonchev–Trinajstić information content (AvgIpc) is 2.81. The molecule has 1 aliphatic heterocycles. The molecule has 36 heavy (non-hydrogen) atoms. The van der Waals surface area contributed by atoms with Crippen molar-refractivity contribution in [2.45, 2.75) is 36.3 Å². The van der Waals surface area contributed by atoms with Crippen molar-refractivity contribution >= 4 is 45.1 Å². The SMILES string of the molecule is COc1ccc(Cl)cc1S(=O)(=O)N[C@@H](Cc1cccc2c1NC(=O)[C@@H](CCCN=C(N)N)O2)C(=O)O. The van der Waals surface area contributed by atoms with Gasteiger partial charge in [0.2, 0.25) is 10.0 Å². The van der Waals surface area contributed by atoms with Crippen molar-refractivity contribution in [1.82, 2.24) is 4.72 Å². The molecule has 1 aliphatic rings. The lowest BCUT2D eigenvalue weighted by Crippen LogP contribution is -2.43. The first-order chi connectivity index (χ1) is 17.0. The molecule has 0 saturated carbocycles. The standard InChI is InChI=1S/C22H26ClN5O7S/c1-34-15-8-7-13(23)11-18(15)36(32,33)28-14(21(30)31)10-12-4-2-5-16-19(12)27-20(29)17(35-16)6-3-9-26-22(24)25/h2,4-5,7-8,11,14,17,28H,3,6,9-10H2,1H3,(H,27,29)(H,30,31)(H4,24,25,26)/t14-,17+/m0/s1. The molecule has 2 atom stereocenters. The van der Waals surface area contributed by atoms with E-state index in [1.807, 2.05) is 0 Å². The molecule has 14 heteroatoms. The molecule has 2 aromatic carbocycles. The molecule has 12 nitrogen and oxygen atoms in total. The third kappa shape index (κ3) is 6.56. The average molecular weight is 540 g/mol. The van der Waals surface area contributed by atoms with Gasteiger partial charge in [-0.05, 0) is 42.7 Å². The Morgan fingerprint density at radius 2 is 2.08 bits per heavy atom. The number of aliphatic imine (C=N–C) groups is 1. The molecular weight excluding hydrogens is 514 g/mol. The molecule has 194 valence electrons. The molecule has 0 radical (unpaired) electrons. The molecule has 1 heterocycles. The number of anilines is 1. The Hall–Kier alpha value is -3.55. The van der Waals surface area contributed by atoms with Gasteiger partial charge in [0.1, 0.15) is 22.4 Å². The second-order valence-electron chi connectivity index (χ2n) is 7.85. The summed E-state index contributed by atoms with van der Waals surface area (Å²) in [5.74, 6) is -1.55. The zero-order valence-electron chi connectivity index (χ0n) is 19.2. The van der Waals surface area contributed by atoms with E-state index < -0.39 is 34.0 Å². The lowest BCUT2D eigenvalue weighted by molar-refractivity contribution is -0.138. The number of nitrogens with one attached hydrogen (secondary N) is 2. The number of carbonyl (C=O) groups excluding carboxylic acids is 1. The second kappa shape index (κ2) is 11.5. The third-order valence-electron chi connectivity index (χ3n) is 5.28. The van der Waals surface area contributed by atoms with Crippen molar-refractivity contribution < 1.29 is 32.6 Å². The van der Waals surface area contributed by atoms with Gasteiger partial charge in [-0.2, -0.15) is 4.72 Å². The minimum absolute atomic E-state index is 0.000302. The number of amides is 1. The fourth-order valence-electron chi connectivity index (χ4n) is 3.58. The normalized spacial score (nSPS) is 15.7. The Kier molecular flexibility index (Phi) is 8.61. The molecule has 0 fully saturated rings. The van der Waals surface area contributed by atoms with Gasteiger partial charge in [0.25, 0.3) is 5.91 Å². The fourth-order valence-corrected chi connectivity index (χ4v) is 5.20. The zero-order chi connectivity index (χ0) is 26.5. The number of methoxy groups -OCH3 is 1. The summed E-state index contributed by atoms with van der Waals surface area (Å²) in [7, 11) is -3.06. The number of nitrogens with two attached hydrogens (primary N) is 2. The number of nitrogens with zero attached hydrogens (tertiary/aromatic N) is 1. The predicted molar refractivity (Wildman–Crippen MR) is 133 cm³/mol. The van der Waals surface area contributed by atoms with E-state index in [0.717, 1.165) is 6.07 Å². The van der Waals surface area contributed by atoms with Crippen LogP contribution in [0, 0.1) is 0 Å². The molecule has 1 amide bonds. The Morgan fingerprint density at radius 3 is 2.75 bits per heavy atom. The van der Waals surface area contributed by atoms with Crippen LogP contribution in [0.2, 0.25) is 5.02 Å². The van der Waals surface area contributed by atoms with Crippen molar-refractivity contribution in [1.29, 1.82) is 0 Å². The lowest BCUT2D eigenvalue weighted by atomic mass is 10.0.